The second-order valence-electron chi connectivity index (χ2n) is 13.0. The van der Waals surface area contributed by atoms with Crippen LogP contribution in [0.15, 0.2) is 34.9 Å². The topological polar surface area (TPSA) is 63.6 Å². The highest BCUT2D eigenvalue weighted by atomic mass is 16.6. The molecule has 0 radical (unpaired) electrons. The first-order valence-corrected chi connectivity index (χ1v) is 14.1. The average Bonchev–Trinajstić information content (AvgIpc) is 3.07. The molecule has 36 heavy (non-hydrogen) atoms. The van der Waals surface area contributed by atoms with Crippen molar-refractivity contribution in [3.63, 3.8) is 0 Å². The van der Waals surface area contributed by atoms with Crippen molar-refractivity contribution in [2.45, 2.75) is 132 Å². The second kappa shape index (κ2) is 12.6. The van der Waals surface area contributed by atoms with Gasteiger partial charge in [-0.2, -0.15) is 0 Å². The maximum atomic E-state index is 11.8. The van der Waals surface area contributed by atoms with Crippen LogP contribution in [0.25, 0.3) is 0 Å². The maximum Gasteiger partial charge on any atom is 0.307 e. The van der Waals surface area contributed by atoms with Crippen LogP contribution in [0.4, 0.5) is 0 Å². The number of carboxylic acids is 1. The van der Waals surface area contributed by atoms with Crippen molar-refractivity contribution in [2.24, 2.45) is 22.7 Å². The number of aliphatic carboxylic acids is 1. The van der Waals surface area contributed by atoms with Gasteiger partial charge in [0.25, 0.3) is 0 Å². The summed E-state index contributed by atoms with van der Waals surface area (Å²) < 4.78 is 5.70. The van der Waals surface area contributed by atoms with Crippen LogP contribution < -0.4 is 0 Å². The largest absolute Gasteiger partial charge is 0.481 e. The van der Waals surface area contributed by atoms with Crippen LogP contribution in [0.2, 0.25) is 0 Å². The minimum Gasteiger partial charge on any atom is -0.481 e. The molecule has 0 aromatic heterocycles. The molecule has 2 saturated carbocycles. The predicted octanol–water partition coefficient (Wildman–Crippen LogP) is 8.81. The van der Waals surface area contributed by atoms with E-state index >= 15 is 0 Å². The molecule has 0 bridgehead atoms. The van der Waals surface area contributed by atoms with Gasteiger partial charge in [0.05, 0.1) is 12.8 Å². The molecule has 0 aromatic rings. The second-order valence-corrected chi connectivity index (χ2v) is 13.0. The Labute approximate surface area is 220 Å². The Hall–Kier alpha value is -1.84. The fourth-order valence-electron chi connectivity index (χ4n) is 7.25. The molecular formula is C32H52O4. The molecule has 3 rings (SSSR count). The Morgan fingerprint density at radius 1 is 0.917 bits per heavy atom. The van der Waals surface area contributed by atoms with Crippen molar-refractivity contribution in [3.05, 3.63) is 34.9 Å². The van der Waals surface area contributed by atoms with Crippen molar-refractivity contribution in [1.82, 2.24) is 0 Å². The smallest absolute Gasteiger partial charge is 0.307 e. The van der Waals surface area contributed by atoms with Gasteiger partial charge in [0.1, 0.15) is 5.60 Å². The van der Waals surface area contributed by atoms with Crippen molar-refractivity contribution < 1.29 is 19.4 Å². The molecule has 4 atom stereocenters. The fourth-order valence-corrected chi connectivity index (χ4v) is 7.25. The number of carboxylic acid groups (broad SMARTS) is 1. The summed E-state index contributed by atoms with van der Waals surface area (Å²) in [5, 5.41) is 8.56. The predicted molar refractivity (Wildman–Crippen MR) is 149 cm³/mol. The Morgan fingerprint density at radius 3 is 2.14 bits per heavy atom. The number of hydrogen-bond acceptors (Lipinski definition) is 3. The highest BCUT2D eigenvalue weighted by Crippen LogP contribution is 2.64. The summed E-state index contributed by atoms with van der Waals surface area (Å²) in [6.45, 7) is 17.9. The summed E-state index contributed by atoms with van der Waals surface area (Å²) in [6, 6.07) is 0. The highest BCUT2D eigenvalue weighted by molar-refractivity contribution is 5.73. The normalized spacial score (nSPS) is 31.4. The van der Waals surface area contributed by atoms with Crippen LogP contribution in [0, 0.1) is 22.7 Å². The minimum atomic E-state index is -0.761. The molecule has 1 heterocycles. The number of ether oxygens (including phenoxy) is 1. The Bertz CT molecular complexity index is 873. The summed E-state index contributed by atoms with van der Waals surface area (Å²) >= 11 is 0. The van der Waals surface area contributed by atoms with Crippen LogP contribution in [0.5, 0.6) is 0 Å². The van der Waals surface area contributed by atoms with Gasteiger partial charge in [-0.1, -0.05) is 62.1 Å². The Kier molecular flexibility index (Phi) is 10.6. The lowest BCUT2D eigenvalue weighted by molar-refractivity contribution is -0.164. The van der Waals surface area contributed by atoms with E-state index in [9.17, 15) is 9.59 Å². The summed E-state index contributed by atoms with van der Waals surface area (Å²) in [5.74, 6) is 0.470. The molecule has 0 unspecified atom stereocenters. The zero-order chi connectivity index (χ0) is 27.1. The Morgan fingerprint density at radius 2 is 1.53 bits per heavy atom. The molecule has 0 aromatic carbocycles. The van der Waals surface area contributed by atoms with Crippen LogP contribution in [-0.4, -0.2) is 22.6 Å². The number of rotatable bonds is 8. The molecule has 1 N–H and O–H groups in total. The minimum absolute atomic E-state index is 0.0350. The van der Waals surface area contributed by atoms with Gasteiger partial charge in [0.15, 0.2) is 0 Å². The van der Waals surface area contributed by atoms with Crippen molar-refractivity contribution in [3.8, 4) is 0 Å². The van der Waals surface area contributed by atoms with Gasteiger partial charge in [-0.05, 0) is 103 Å². The molecular weight excluding hydrogens is 448 g/mol. The van der Waals surface area contributed by atoms with Gasteiger partial charge >= 0.3 is 11.9 Å². The van der Waals surface area contributed by atoms with Gasteiger partial charge in [-0.3, -0.25) is 9.59 Å². The zero-order valence-corrected chi connectivity index (χ0v) is 24.3. The van der Waals surface area contributed by atoms with E-state index in [0.717, 1.165) is 43.6 Å². The number of esters is 1. The average molecular weight is 501 g/mol. The molecule has 1 saturated heterocycles. The molecule has 1 aliphatic heterocycles. The van der Waals surface area contributed by atoms with Gasteiger partial charge < -0.3 is 9.84 Å². The summed E-state index contributed by atoms with van der Waals surface area (Å²) in [6.07, 6.45) is 17.5. The summed E-state index contributed by atoms with van der Waals surface area (Å²) in [5.41, 5.74) is 4.51. The van der Waals surface area contributed by atoms with E-state index in [1.54, 1.807) is 6.08 Å². The van der Waals surface area contributed by atoms with Crippen LogP contribution in [0.1, 0.15) is 126 Å². The third kappa shape index (κ3) is 8.08. The van der Waals surface area contributed by atoms with Gasteiger partial charge in [0.2, 0.25) is 0 Å². The molecule has 204 valence electrons. The third-order valence-electron chi connectivity index (χ3n) is 9.20. The van der Waals surface area contributed by atoms with Crippen LogP contribution in [0.3, 0.4) is 0 Å². The number of fused-ring (bicyclic) bond motifs is 3. The quantitative estimate of drug-likeness (QED) is 0.267. The van der Waals surface area contributed by atoms with E-state index in [1.165, 1.54) is 36.8 Å². The summed E-state index contributed by atoms with van der Waals surface area (Å²) in [4.78, 5) is 22.2. The SMILES string of the molecule is CC(C)=CCC/C(C)=C/CC/C(C)=C/CC(=O)O.CC1(C)CCC[C@]2(C)[C@H]3CC(=O)O[C@]3(C)CC[C@@H]12. The number of carbonyl (C=O) groups is 2. The lowest BCUT2D eigenvalue weighted by atomic mass is 9.45. The number of hydrogen-bond donors (Lipinski definition) is 1. The molecule has 0 amide bonds. The third-order valence-corrected chi connectivity index (χ3v) is 9.20. The first-order chi connectivity index (χ1) is 16.7. The number of carbonyl (C=O) groups excluding carboxylic acids is 1. The molecule has 3 fully saturated rings. The molecule has 3 aliphatic rings. The van der Waals surface area contributed by atoms with Gasteiger partial charge in [-0.15, -0.1) is 0 Å². The van der Waals surface area contributed by atoms with Gasteiger partial charge in [0, 0.05) is 5.92 Å². The van der Waals surface area contributed by atoms with E-state index in [4.69, 9.17) is 9.84 Å². The zero-order valence-electron chi connectivity index (χ0n) is 24.3. The Balaban J connectivity index is 0.000000254. The molecule has 4 heteroatoms. The molecule has 2 aliphatic carbocycles. The monoisotopic (exact) mass is 500 g/mol. The molecule has 4 nitrogen and oxygen atoms in total. The molecule has 0 spiro atoms. The highest BCUT2D eigenvalue weighted by Gasteiger charge is 2.62. The fraction of sp³-hybridized carbons (Fsp3) is 0.750. The summed E-state index contributed by atoms with van der Waals surface area (Å²) in [7, 11) is 0. The maximum absolute atomic E-state index is 11.8. The van der Waals surface area contributed by atoms with E-state index in [0.29, 0.717) is 23.2 Å². The van der Waals surface area contributed by atoms with E-state index in [2.05, 4.69) is 60.6 Å². The first-order valence-electron chi connectivity index (χ1n) is 14.1. The van der Waals surface area contributed by atoms with Crippen molar-refractivity contribution in [1.29, 1.82) is 0 Å². The lowest BCUT2D eigenvalue weighted by Crippen LogP contribution is -2.55. The van der Waals surface area contributed by atoms with E-state index in [-0.39, 0.29) is 18.0 Å². The van der Waals surface area contributed by atoms with Gasteiger partial charge in [-0.25, -0.2) is 0 Å². The lowest BCUT2D eigenvalue weighted by Gasteiger charge is -2.59. The standard InChI is InChI=1S/2C16H26O2/c1-14(2)7-5-8-15(3)11(14)6-9-16(4)12(15)10-13(17)18-16;1-13(2)7-5-8-14(3)9-6-10-15(4)11-12-16(17)18/h11-12H,5-10H2,1-4H3;7,9,11H,5-6,8,10,12H2,1-4H3,(H,17,18)/b;14-9+,15-11+/t11-,12+,15-,16+;/m0./s1. The van der Waals surface area contributed by atoms with E-state index in [1.807, 2.05) is 6.92 Å². The van der Waals surface area contributed by atoms with Crippen LogP contribution in [-0.2, 0) is 14.3 Å². The first kappa shape index (κ1) is 30.4. The number of allylic oxidation sites excluding steroid dienone is 5. The van der Waals surface area contributed by atoms with Crippen molar-refractivity contribution >= 4 is 11.9 Å². The van der Waals surface area contributed by atoms with Crippen LogP contribution >= 0.6 is 0 Å². The van der Waals surface area contributed by atoms with Crippen molar-refractivity contribution in [2.75, 3.05) is 0 Å². The van der Waals surface area contributed by atoms with E-state index < -0.39 is 5.97 Å².